The molecule has 0 aromatic rings. The highest BCUT2D eigenvalue weighted by molar-refractivity contribution is 7.58. The summed E-state index contributed by atoms with van der Waals surface area (Å²) in [5.74, 6) is -0.439. The minimum Gasteiger partial charge on any atom is -0.170 e. The molecule has 11 heteroatoms. The molecular formula is C5H15NO8P2+2. The van der Waals surface area contributed by atoms with Gasteiger partial charge in [-0.15, -0.1) is 0 Å². The van der Waals surface area contributed by atoms with Crippen molar-refractivity contribution in [2.75, 3.05) is 13.2 Å². The summed E-state index contributed by atoms with van der Waals surface area (Å²) in [5, 5.41) is 0. The predicted molar refractivity (Wildman–Crippen MR) is 56.4 cm³/mol. The monoisotopic (exact) mass is 279 g/mol. The normalized spacial score (nSPS) is 14.9. The van der Waals surface area contributed by atoms with Crippen molar-refractivity contribution in [3.05, 3.63) is 4.91 Å². The van der Waals surface area contributed by atoms with Crippen LogP contribution >= 0.6 is 16.3 Å². The van der Waals surface area contributed by atoms with E-state index in [1.807, 2.05) is 4.95 Å². The van der Waals surface area contributed by atoms with Gasteiger partial charge in [0.05, 0.1) is 0 Å². The van der Waals surface area contributed by atoms with Gasteiger partial charge in [-0.05, 0) is 6.42 Å². The molecule has 0 aromatic heterocycles. The quantitative estimate of drug-likeness (QED) is 0.311. The van der Waals surface area contributed by atoms with Crippen LogP contribution < -0.4 is 0 Å². The summed E-state index contributed by atoms with van der Waals surface area (Å²) in [7, 11) is -8.53. The molecule has 96 valence electrons. The Hall–Kier alpha value is 0.180. The smallest absolute Gasteiger partial charge is 0.170 e. The first-order valence-electron chi connectivity index (χ1n) is 4.26. The fourth-order valence-electron chi connectivity index (χ4n) is 0.718. The van der Waals surface area contributed by atoms with E-state index in [4.69, 9.17) is 24.5 Å². The fraction of sp³-hybridized carbons (Fsp3) is 1.00. The zero-order valence-corrected chi connectivity index (χ0v) is 10.3. The molecule has 0 spiro atoms. The van der Waals surface area contributed by atoms with Crippen molar-refractivity contribution < 1.29 is 33.5 Å². The van der Waals surface area contributed by atoms with Crippen LogP contribution in [0.5, 0.6) is 0 Å². The van der Waals surface area contributed by atoms with E-state index >= 15 is 0 Å². The Balaban J connectivity index is 3.98. The van der Waals surface area contributed by atoms with Crippen molar-refractivity contribution in [2.45, 2.75) is 13.3 Å². The lowest BCUT2D eigenvalue weighted by atomic mass is 10.1. The highest BCUT2D eigenvalue weighted by atomic mass is 31.2. The molecule has 0 rings (SSSR count). The number of nitroso groups, excluding NO2 is 1. The maximum absolute atomic E-state index is 9.87. The summed E-state index contributed by atoms with van der Waals surface area (Å²) >= 11 is 0. The van der Waals surface area contributed by atoms with Crippen molar-refractivity contribution in [3.63, 3.8) is 0 Å². The van der Waals surface area contributed by atoms with E-state index in [0.29, 0.717) is 6.42 Å². The van der Waals surface area contributed by atoms with Gasteiger partial charge in [0.1, 0.15) is 13.2 Å². The lowest BCUT2D eigenvalue weighted by Crippen LogP contribution is -2.15. The van der Waals surface area contributed by atoms with E-state index in [1.165, 1.54) is 0 Å². The van der Waals surface area contributed by atoms with Gasteiger partial charge in [0.15, 0.2) is 4.95 Å². The van der Waals surface area contributed by atoms with Gasteiger partial charge in [-0.25, -0.2) is 0 Å². The number of nitrogens with zero attached hydrogens (tertiary/aromatic N) is 1. The SMILES string of the molecule is CCC(CO[P+](O)(O)O)CO[P+](O)(O)N=O. The molecule has 1 unspecified atom stereocenters. The first-order valence-corrected chi connectivity index (χ1v) is 7.39. The summed E-state index contributed by atoms with van der Waals surface area (Å²) in [6.45, 7) is 1.18. The van der Waals surface area contributed by atoms with Crippen molar-refractivity contribution in [1.29, 1.82) is 0 Å². The Morgan fingerprint density at radius 1 is 1.12 bits per heavy atom. The summed E-state index contributed by atoms with van der Waals surface area (Å²) in [4.78, 5) is 55.0. The van der Waals surface area contributed by atoms with Gasteiger partial charge >= 0.3 is 16.3 Å². The van der Waals surface area contributed by atoms with Gasteiger partial charge < -0.3 is 0 Å². The molecule has 0 saturated heterocycles. The average molecular weight is 279 g/mol. The van der Waals surface area contributed by atoms with Crippen molar-refractivity contribution in [1.82, 2.24) is 0 Å². The molecule has 16 heavy (non-hydrogen) atoms. The van der Waals surface area contributed by atoms with Gasteiger partial charge in [-0.2, -0.15) is 33.5 Å². The summed E-state index contributed by atoms with van der Waals surface area (Å²) in [5.41, 5.74) is 0. The Labute approximate surface area is 92.9 Å². The van der Waals surface area contributed by atoms with Gasteiger partial charge in [-0.3, -0.25) is 0 Å². The molecule has 0 aliphatic rings. The lowest BCUT2D eigenvalue weighted by molar-refractivity contribution is 0.106. The topological polar surface area (TPSA) is 149 Å². The number of hydrogen-bond donors (Lipinski definition) is 5. The molecule has 9 nitrogen and oxygen atoms in total. The molecule has 0 saturated carbocycles. The molecule has 0 bridgehead atoms. The van der Waals surface area contributed by atoms with Crippen LogP contribution in [0.25, 0.3) is 0 Å². The highest BCUT2D eigenvalue weighted by Gasteiger charge is 2.41. The van der Waals surface area contributed by atoms with Crippen molar-refractivity contribution in [2.24, 2.45) is 10.9 Å². The average Bonchev–Trinajstić information content (AvgIpc) is 2.16. The van der Waals surface area contributed by atoms with Crippen molar-refractivity contribution >= 4 is 16.3 Å². The van der Waals surface area contributed by atoms with E-state index in [1.54, 1.807) is 6.92 Å². The fourth-order valence-corrected chi connectivity index (χ4v) is 1.59. The van der Waals surface area contributed by atoms with Crippen LogP contribution in [0.4, 0.5) is 0 Å². The summed E-state index contributed by atoms with van der Waals surface area (Å²) < 4.78 is 8.75. The number of rotatable bonds is 8. The molecule has 0 aliphatic carbocycles. The molecule has 0 radical (unpaired) electrons. The van der Waals surface area contributed by atoms with Crippen LogP contribution in [-0.2, 0) is 9.05 Å². The number of hydrogen-bond acceptors (Lipinski definition) is 9. The first kappa shape index (κ1) is 16.2. The van der Waals surface area contributed by atoms with Crippen LogP contribution in [-0.4, -0.2) is 37.7 Å². The third-order valence-corrected chi connectivity index (χ3v) is 2.85. The van der Waals surface area contributed by atoms with E-state index in [2.05, 4.69) is 9.05 Å². The molecule has 0 heterocycles. The summed E-state index contributed by atoms with van der Waals surface area (Å²) in [6, 6.07) is 0. The first-order chi connectivity index (χ1) is 7.20. The Morgan fingerprint density at radius 3 is 2.00 bits per heavy atom. The maximum Gasteiger partial charge on any atom is 0.588 e. The maximum atomic E-state index is 9.87. The third-order valence-electron chi connectivity index (χ3n) is 1.65. The van der Waals surface area contributed by atoms with E-state index in [-0.39, 0.29) is 13.2 Å². The molecule has 0 fully saturated rings. The van der Waals surface area contributed by atoms with E-state index in [9.17, 15) is 4.91 Å². The van der Waals surface area contributed by atoms with Gasteiger partial charge in [-0.1, -0.05) is 11.8 Å². The van der Waals surface area contributed by atoms with E-state index in [0.717, 1.165) is 0 Å². The molecule has 0 amide bonds. The molecule has 0 aromatic carbocycles. The Bertz CT molecular complexity index is 219. The Morgan fingerprint density at radius 2 is 1.62 bits per heavy atom. The zero-order valence-electron chi connectivity index (χ0n) is 8.50. The summed E-state index contributed by atoms with van der Waals surface area (Å²) in [6.07, 6.45) is 0.443. The van der Waals surface area contributed by atoms with Crippen LogP contribution in [0.2, 0.25) is 0 Å². The largest absolute Gasteiger partial charge is 0.588 e. The van der Waals surface area contributed by atoms with E-state index < -0.39 is 22.2 Å². The van der Waals surface area contributed by atoms with Crippen molar-refractivity contribution in [3.8, 4) is 0 Å². The Kier molecular flexibility index (Phi) is 6.88. The second-order valence-corrected chi connectivity index (χ2v) is 5.71. The molecule has 1 atom stereocenters. The highest BCUT2D eigenvalue weighted by Crippen LogP contribution is 2.53. The second-order valence-electron chi connectivity index (χ2n) is 2.97. The van der Waals surface area contributed by atoms with Gasteiger partial charge in [0.25, 0.3) is 0 Å². The minimum atomic E-state index is -4.31. The standard InChI is InChI=1S/C5H15NO8P2/c1-2-5(4-14-16(10,11)12)3-13-15(8,9)6-7/h5,8-12H,2-4H2,1H3/q+2. The van der Waals surface area contributed by atoms with Crippen LogP contribution in [0.1, 0.15) is 13.3 Å². The lowest BCUT2D eigenvalue weighted by Gasteiger charge is -2.12. The second kappa shape index (κ2) is 6.80. The van der Waals surface area contributed by atoms with Crippen LogP contribution in [0.15, 0.2) is 4.95 Å². The molecule has 5 N–H and O–H groups in total. The predicted octanol–water partition coefficient (Wildman–Crippen LogP) is 0.129. The molecule has 0 aliphatic heterocycles. The zero-order chi connectivity index (χ0) is 12.8. The van der Waals surface area contributed by atoms with Crippen LogP contribution in [0, 0.1) is 10.8 Å². The molecular weight excluding hydrogens is 264 g/mol. The van der Waals surface area contributed by atoms with Crippen LogP contribution in [0.3, 0.4) is 0 Å². The van der Waals surface area contributed by atoms with Gasteiger partial charge in [0.2, 0.25) is 0 Å². The third kappa shape index (κ3) is 8.35. The minimum absolute atomic E-state index is 0.257. The van der Waals surface area contributed by atoms with Gasteiger partial charge in [0, 0.05) is 5.92 Å².